The van der Waals surface area contributed by atoms with E-state index in [0.29, 0.717) is 12.4 Å². The second kappa shape index (κ2) is 5.01. The van der Waals surface area contributed by atoms with Gasteiger partial charge in [-0.3, -0.25) is 4.90 Å². The molecular weight excluding hydrogens is 204 g/mol. The molecule has 2 atom stereocenters. The summed E-state index contributed by atoms with van der Waals surface area (Å²) in [7, 11) is 2.23. The molecule has 92 valence electrons. The Kier molecular flexibility index (Phi) is 3.66. The standard InChI is InChI=1S/C11H22N4O/c1-14-5-2-3-9-7-15(6-4-10(9)14)8-11(12)13-16/h9-10,16H,2-8H2,1H3,(H2,12,13). The molecule has 0 amide bonds. The van der Waals surface area contributed by atoms with Crippen LogP contribution in [0.1, 0.15) is 19.3 Å². The molecule has 2 fully saturated rings. The fraction of sp³-hybridized carbons (Fsp3) is 0.909. The van der Waals surface area contributed by atoms with Crippen molar-refractivity contribution in [3.05, 3.63) is 0 Å². The van der Waals surface area contributed by atoms with E-state index in [1.165, 1.54) is 25.8 Å². The molecule has 5 heteroatoms. The topological polar surface area (TPSA) is 65.1 Å². The first-order valence-corrected chi connectivity index (χ1v) is 6.09. The van der Waals surface area contributed by atoms with Crippen molar-refractivity contribution in [1.82, 2.24) is 9.80 Å². The number of likely N-dealkylation sites (tertiary alicyclic amines) is 2. The van der Waals surface area contributed by atoms with E-state index in [-0.39, 0.29) is 0 Å². The number of hydrogen-bond acceptors (Lipinski definition) is 4. The van der Waals surface area contributed by atoms with Crippen LogP contribution < -0.4 is 5.73 Å². The van der Waals surface area contributed by atoms with Gasteiger partial charge in [0.15, 0.2) is 5.84 Å². The van der Waals surface area contributed by atoms with Gasteiger partial charge in [0.2, 0.25) is 0 Å². The van der Waals surface area contributed by atoms with Gasteiger partial charge in [-0.1, -0.05) is 5.16 Å². The van der Waals surface area contributed by atoms with Crippen LogP contribution in [-0.2, 0) is 0 Å². The zero-order chi connectivity index (χ0) is 11.5. The quantitative estimate of drug-likeness (QED) is 0.304. The number of piperidine rings is 2. The van der Waals surface area contributed by atoms with Crippen molar-refractivity contribution in [3.63, 3.8) is 0 Å². The zero-order valence-electron chi connectivity index (χ0n) is 9.97. The van der Waals surface area contributed by atoms with Gasteiger partial charge in [0, 0.05) is 19.1 Å². The third-order valence-electron chi connectivity index (χ3n) is 3.94. The largest absolute Gasteiger partial charge is 0.409 e. The Balaban J connectivity index is 1.90. The summed E-state index contributed by atoms with van der Waals surface area (Å²) < 4.78 is 0. The predicted molar refractivity (Wildman–Crippen MR) is 63.6 cm³/mol. The molecule has 0 radical (unpaired) electrons. The maximum absolute atomic E-state index is 8.57. The fourth-order valence-electron chi connectivity index (χ4n) is 3.13. The van der Waals surface area contributed by atoms with Gasteiger partial charge < -0.3 is 15.8 Å². The molecule has 2 rings (SSSR count). The molecule has 0 aromatic heterocycles. The summed E-state index contributed by atoms with van der Waals surface area (Å²) in [5, 5.41) is 11.6. The van der Waals surface area contributed by atoms with E-state index in [4.69, 9.17) is 10.9 Å². The third kappa shape index (κ3) is 2.47. The average molecular weight is 226 g/mol. The summed E-state index contributed by atoms with van der Waals surface area (Å²) in [6, 6.07) is 0.747. The van der Waals surface area contributed by atoms with Gasteiger partial charge in [0.25, 0.3) is 0 Å². The highest BCUT2D eigenvalue weighted by atomic mass is 16.4. The minimum Gasteiger partial charge on any atom is -0.409 e. The number of fused-ring (bicyclic) bond motifs is 1. The van der Waals surface area contributed by atoms with Crippen LogP contribution in [0.5, 0.6) is 0 Å². The Bertz CT molecular complexity index is 269. The lowest BCUT2D eigenvalue weighted by Crippen LogP contribution is -2.53. The van der Waals surface area contributed by atoms with Crippen LogP contribution >= 0.6 is 0 Å². The number of rotatable bonds is 2. The third-order valence-corrected chi connectivity index (χ3v) is 3.94. The van der Waals surface area contributed by atoms with Gasteiger partial charge in [-0.2, -0.15) is 0 Å². The van der Waals surface area contributed by atoms with Gasteiger partial charge >= 0.3 is 0 Å². The predicted octanol–water partition coefficient (Wildman–Crippen LogP) is 0.149. The molecule has 2 saturated heterocycles. The lowest BCUT2D eigenvalue weighted by molar-refractivity contribution is 0.0445. The smallest absolute Gasteiger partial charge is 0.153 e. The second-order valence-corrected chi connectivity index (χ2v) is 5.07. The van der Waals surface area contributed by atoms with Crippen LogP contribution in [0, 0.1) is 5.92 Å². The Morgan fingerprint density at radius 1 is 1.44 bits per heavy atom. The van der Waals surface area contributed by atoms with Crippen LogP contribution in [0.2, 0.25) is 0 Å². The van der Waals surface area contributed by atoms with Gasteiger partial charge in [-0.15, -0.1) is 0 Å². The van der Waals surface area contributed by atoms with Crippen LogP contribution in [0.4, 0.5) is 0 Å². The van der Waals surface area contributed by atoms with E-state index < -0.39 is 0 Å². The summed E-state index contributed by atoms with van der Waals surface area (Å²) in [5.41, 5.74) is 5.55. The number of amidine groups is 1. The lowest BCUT2D eigenvalue weighted by atomic mass is 9.84. The zero-order valence-corrected chi connectivity index (χ0v) is 9.97. The minimum atomic E-state index is 0.322. The normalized spacial score (nSPS) is 33.7. The fourth-order valence-corrected chi connectivity index (χ4v) is 3.13. The van der Waals surface area contributed by atoms with E-state index in [2.05, 4.69) is 22.0 Å². The number of oxime groups is 1. The monoisotopic (exact) mass is 226 g/mol. The van der Waals surface area contributed by atoms with Crippen LogP contribution in [0.15, 0.2) is 5.16 Å². The van der Waals surface area contributed by atoms with E-state index in [1.54, 1.807) is 0 Å². The van der Waals surface area contributed by atoms with Crippen molar-refractivity contribution in [1.29, 1.82) is 0 Å². The maximum atomic E-state index is 8.57. The molecule has 2 unspecified atom stereocenters. The van der Waals surface area contributed by atoms with Crippen molar-refractivity contribution in [2.45, 2.75) is 25.3 Å². The highest BCUT2D eigenvalue weighted by molar-refractivity contribution is 5.81. The van der Waals surface area contributed by atoms with Crippen molar-refractivity contribution in [3.8, 4) is 0 Å². The number of nitrogens with two attached hydrogens (primary N) is 1. The summed E-state index contributed by atoms with van der Waals surface area (Å²) in [6.07, 6.45) is 3.83. The molecular formula is C11H22N4O. The van der Waals surface area contributed by atoms with Crippen LogP contribution in [-0.4, -0.2) is 60.1 Å². The summed E-state index contributed by atoms with van der Waals surface area (Å²) in [4.78, 5) is 4.80. The number of hydrogen-bond donors (Lipinski definition) is 2. The highest BCUT2D eigenvalue weighted by Gasteiger charge is 2.34. The van der Waals surface area contributed by atoms with Gasteiger partial charge in [0.05, 0.1) is 6.54 Å². The SMILES string of the molecule is CN1CCCC2CN(CC(N)=NO)CCC21. The molecule has 0 bridgehead atoms. The lowest BCUT2D eigenvalue weighted by Gasteiger charge is -2.45. The van der Waals surface area contributed by atoms with E-state index in [0.717, 1.165) is 25.0 Å². The van der Waals surface area contributed by atoms with E-state index >= 15 is 0 Å². The van der Waals surface area contributed by atoms with Crippen molar-refractivity contribution in [2.75, 3.05) is 33.2 Å². The molecule has 16 heavy (non-hydrogen) atoms. The van der Waals surface area contributed by atoms with Gasteiger partial charge in [0.1, 0.15) is 0 Å². The van der Waals surface area contributed by atoms with Crippen molar-refractivity contribution < 1.29 is 5.21 Å². The molecule has 0 aromatic carbocycles. The highest BCUT2D eigenvalue weighted by Crippen LogP contribution is 2.29. The Labute approximate surface area is 96.9 Å². The Morgan fingerprint density at radius 3 is 3.00 bits per heavy atom. The molecule has 2 heterocycles. The summed E-state index contributed by atoms with van der Waals surface area (Å²) in [6.45, 7) is 3.98. The molecule has 3 N–H and O–H groups in total. The van der Waals surface area contributed by atoms with E-state index in [1.807, 2.05) is 0 Å². The van der Waals surface area contributed by atoms with Crippen molar-refractivity contribution in [2.24, 2.45) is 16.8 Å². The Morgan fingerprint density at radius 2 is 2.25 bits per heavy atom. The van der Waals surface area contributed by atoms with Crippen LogP contribution in [0.3, 0.4) is 0 Å². The summed E-state index contributed by atoms with van der Waals surface area (Å²) >= 11 is 0. The van der Waals surface area contributed by atoms with Crippen LogP contribution in [0.25, 0.3) is 0 Å². The average Bonchev–Trinajstić information content (AvgIpc) is 2.29. The van der Waals surface area contributed by atoms with Gasteiger partial charge in [-0.25, -0.2) is 0 Å². The van der Waals surface area contributed by atoms with Gasteiger partial charge in [-0.05, 0) is 38.8 Å². The first-order valence-electron chi connectivity index (χ1n) is 6.09. The molecule has 0 aliphatic carbocycles. The molecule has 5 nitrogen and oxygen atoms in total. The molecule has 2 aliphatic heterocycles. The molecule has 0 aromatic rings. The van der Waals surface area contributed by atoms with Crippen molar-refractivity contribution >= 4 is 5.84 Å². The molecule has 0 spiro atoms. The molecule has 0 saturated carbocycles. The maximum Gasteiger partial charge on any atom is 0.153 e. The first kappa shape index (κ1) is 11.7. The molecule has 2 aliphatic rings. The van der Waals surface area contributed by atoms with E-state index in [9.17, 15) is 0 Å². The minimum absolute atomic E-state index is 0.322. The second-order valence-electron chi connectivity index (χ2n) is 5.07. The Hall–Kier alpha value is -0.810. The first-order chi connectivity index (χ1) is 7.70. The number of nitrogens with zero attached hydrogens (tertiary/aromatic N) is 3. The summed E-state index contributed by atoms with van der Waals surface area (Å²) in [5.74, 6) is 1.08.